The zero-order valence-electron chi connectivity index (χ0n) is 19.1. The number of rotatable bonds is 10. The fraction of sp³-hybridized carbons (Fsp3) is 0.520. The molecule has 0 saturated heterocycles. The molecule has 1 aromatic carbocycles. The molecule has 168 valence electrons. The van der Waals surface area contributed by atoms with Crippen molar-refractivity contribution in [1.29, 1.82) is 0 Å². The van der Waals surface area contributed by atoms with Gasteiger partial charge in [-0.15, -0.1) is 11.3 Å². The average molecular weight is 442 g/mol. The zero-order chi connectivity index (χ0) is 22.4. The Morgan fingerprint density at radius 3 is 2.55 bits per heavy atom. The molecule has 2 amide bonds. The molecule has 1 N–H and O–H groups in total. The molecule has 0 unspecified atom stereocenters. The molecule has 1 aliphatic rings. The lowest BCUT2D eigenvalue weighted by atomic mass is 9.81. The van der Waals surface area contributed by atoms with Gasteiger partial charge in [0, 0.05) is 23.5 Å². The molecule has 3 rings (SSSR count). The Morgan fingerprint density at radius 2 is 1.90 bits per heavy atom. The number of thiophene rings is 1. The molecule has 1 aliphatic heterocycles. The van der Waals surface area contributed by atoms with Gasteiger partial charge < -0.3 is 15.1 Å². The maximum atomic E-state index is 13.5. The van der Waals surface area contributed by atoms with Crippen LogP contribution in [0.2, 0.25) is 0 Å². The van der Waals surface area contributed by atoms with Gasteiger partial charge in [-0.1, -0.05) is 52.0 Å². The van der Waals surface area contributed by atoms with Gasteiger partial charge in [0.1, 0.15) is 0 Å². The van der Waals surface area contributed by atoms with Crippen LogP contribution in [-0.4, -0.2) is 54.3 Å². The van der Waals surface area contributed by atoms with Gasteiger partial charge >= 0.3 is 0 Å². The van der Waals surface area contributed by atoms with Crippen molar-refractivity contribution in [1.82, 2.24) is 15.1 Å². The van der Waals surface area contributed by atoms with Gasteiger partial charge in [0.15, 0.2) is 0 Å². The maximum absolute atomic E-state index is 13.5. The van der Waals surface area contributed by atoms with E-state index in [9.17, 15) is 9.59 Å². The van der Waals surface area contributed by atoms with E-state index in [0.717, 1.165) is 36.5 Å². The molecule has 6 heteroatoms. The van der Waals surface area contributed by atoms with Crippen molar-refractivity contribution in [2.24, 2.45) is 5.92 Å². The summed E-state index contributed by atoms with van der Waals surface area (Å²) in [4.78, 5) is 32.3. The second kappa shape index (κ2) is 10.9. The lowest BCUT2D eigenvalue weighted by Crippen LogP contribution is -2.48. The predicted molar refractivity (Wildman–Crippen MR) is 128 cm³/mol. The normalized spacial score (nSPS) is 18.5. The summed E-state index contributed by atoms with van der Waals surface area (Å²) >= 11 is 1.62. The number of hydrogen-bond donors (Lipinski definition) is 1. The Kier molecular flexibility index (Phi) is 8.27. The quantitative estimate of drug-likeness (QED) is 0.551. The third-order valence-corrected chi connectivity index (χ3v) is 6.91. The molecule has 2 atom stereocenters. The fourth-order valence-electron chi connectivity index (χ4n) is 4.41. The first kappa shape index (κ1) is 23.5. The second-order valence-electron chi connectivity index (χ2n) is 8.55. The third kappa shape index (κ3) is 5.36. The monoisotopic (exact) mass is 441 g/mol. The van der Waals surface area contributed by atoms with E-state index in [1.165, 1.54) is 0 Å². The largest absolute Gasteiger partial charge is 0.355 e. The Balaban J connectivity index is 1.89. The van der Waals surface area contributed by atoms with Crippen molar-refractivity contribution in [2.45, 2.75) is 46.1 Å². The highest BCUT2D eigenvalue weighted by Crippen LogP contribution is 2.44. The number of hydrogen-bond acceptors (Lipinski definition) is 4. The van der Waals surface area contributed by atoms with Crippen molar-refractivity contribution in [2.75, 3.05) is 32.7 Å². The minimum absolute atomic E-state index is 0.00616. The van der Waals surface area contributed by atoms with E-state index in [1.807, 2.05) is 46.7 Å². The third-order valence-electron chi connectivity index (χ3n) is 5.96. The van der Waals surface area contributed by atoms with Crippen LogP contribution >= 0.6 is 11.3 Å². The standard InChI is InChI=1S/C25H35N3O2S/c1-5-27(6-2)15-10-14-26-24(29)22-19-11-7-8-12-20(19)25(30)28(17-18(3)4)23(22)21-13-9-16-31-21/h7-9,11-13,16,18,22-23H,5-6,10,14-15,17H2,1-4H3,(H,26,29)/t22-,23+/m0/s1. The van der Waals surface area contributed by atoms with E-state index in [-0.39, 0.29) is 17.9 Å². The van der Waals surface area contributed by atoms with Crippen molar-refractivity contribution in [3.8, 4) is 0 Å². The molecule has 0 radical (unpaired) electrons. The van der Waals surface area contributed by atoms with E-state index in [0.29, 0.717) is 24.6 Å². The minimum atomic E-state index is -0.403. The van der Waals surface area contributed by atoms with E-state index in [2.05, 4.69) is 37.9 Å². The smallest absolute Gasteiger partial charge is 0.254 e. The molecule has 0 fully saturated rings. The molecule has 2 aromatic rings. The summed E-state index contributed by atoms with van der Waals surface area (Å²) in [6.07, 6.45) is 0.917. The highest BCUT2D eigenvalue weighted by molar-refractivity contribution is 7.10. The first-order valence-corrected chi connectivity index (χ1v) is 12.3. The van der Waals surface area contributed by atoms with Gasteiger partial charge in [0.25, 0.3) is 5.91 Å². The van der Waals surface area contributed by atoms with Crippen molar-refractivity contribution < 1.29 is 9.59 Å². The lowest BCUT2D eigenvalue weighted by molar-refractivity contribution is -0.124. The lowest BCUT2D eigenvalue weighted by Gasteiger charge is -2.42. The van der Waals surface area contributed by atoms with E-state index in [4.69, 9.17) is 0 Å². The van der Waals surface area contributed by atoms with E-state index < -0.39 is 5.92 Å². The van der Waals surface area contributed by atoms with Crippen LogP contribution < -0.4 is 5.32 Å². The van der Waals surface area contributed by atoms with Crippen LogP contribution in [0.1, 0.15) is 66.9 Å². The predicted octanol–water partition coefficient (Wildman–Crippen LogP) is 4.53. The first-order valence-electron chi connectivity index (χ1n) is 11.4. The Morgan fingerprint density at radius 1 is 1.16 bits per heavy atom. The van der Waals surface area contributed by atoms with Gasteiger partial charge in [0.2, 0.25) is 5.91 Å². The number of nitrogens with zero attached hydrogens (tertiary/aromatic N) is 2. The van der Waals surface area contributed by atoms with Crippen molar-refractivity contribution in [3.05, 3.63) is 57.8 Å². The molecule has 0 saturated carbocycles. The number of fused-ring (bicyclic) bond motifs is 1. The molecule has 2 heterocycles. The van der Waals surface area contributed by atoms with Crippen LogP contribution in [0.5, 0.6) is 0 Å². The summed E-state index contributed by atoms with van der Waals surface area (Å²) in [7, 11) is 0. The average Bonchev–Trinajstić information content (AvgIpc) is 3.29. The summed E-state index contributed by atoms with van der Waals surface area (Å²) in [5, 5.41) is 5.20. The summed E-state index contributed by atoms with van der Waals surface area (Å²) in [6, 6.07) is 11.4. The molecule has 0 spiro atoms. The molecular weight excluding hydrogens is 406 g/mol. The van der Waals surface area contributed by atoms with E-state index >= 15 is 0 Å². The zero-order valence-corrected chi connectivity index (χ0v) is 20.0. The summed E-state index contributed by atoms with van der Waals surface area (Å²) in [5.41, 5.74) is 1.49. The topological polar surface area (TPSA) is 52.7 Å². The summed E-state index contributed by atoms with van der Waals surface area (Å²) in [5.74, 6) is -0.0610. The Labute approximate surface area is 190 Å². The van der Waals surface area contributed by atoms with Crippen LogP contribution in [0.15, 0.2) is 41.8 Å². The van der Waals surface area contributed by atoms with Crippen LogP contribution in [0.4, 0.5) is 0 Å². The van der Waals surface area contributed by atoms with Gasteiger partial charge in [-0.2, -0.15) is 0 Å². The van der Waals surface area contributed by atoms with Gasteiger partial charge in [-0.25, -0.2) is 0 Å². The second-order valence-corrected chi connectivity index (χ2v) is 9.53. The first-order chi connectivity index (χ1) is 15.0. The van der Waals surface area contributed by atoms with E-state index in [1.54, 1.807) is 11.3 Å². The number of nitrogens with one attached hydrogen (secondary N) is 1. The summed E-state index contributed by atoms with van der Waals surface area (Å²) in [6.45, 7) is 12.8. The number of carbonyl (C=O) groups excluding carboxylic acids is 2. The molecule has 0 aliphatic carbocycles. The number of amides is 2. The molecular formula is C25H35N3O2S. The Bertz CT molecular complexity index is 861. The van der Waals surface area contributed by atoms with Crippen LogP contribution in [0.3, 0.4) is 0 Å². The number of carbonyl (C=O) groups is 2. The highest BCUT2D eigenvalue weighted by Gasteiger charge is 2.44. The van der Waals surface area contributed by atoms with Crippen molar-refractivity contribution >= 4 is 23.2 Å². The molecule has 5 nitrogen and oxygen atoms in total. The summed E-state index contributed by atoms with van der Waals surface area (Å²) < 4.78 is 0. The molecule has 1 aromatic heterocycles. The maximum Gasteiger partial charge on any atom is 0.254 e. The van der Waals surface area contributed by atoms with Crippen LogP contribution in [0, 0.1) is 5.92 Å². The van der Waals surface area contributed by atoms with Crippen LogP contribution in [0.25, 0.3) is 0 Å². The highest BCUT2D eigenvalue weighted by atomic mass is 32.1. The SMILES string of the molecule is CCN(CC)CCCNC(=O)[C@H]1c2ccccc2C(=O)N(CC(C)C)[C@@H]1c1cccs1. The van der Waals surface area contributed by atoms with Gasteiger partial charge in [-0.3, -0.25) is 9.59 Å². The van der Waals surface area contributed by atoms with Crippen LogP contribution in [-0.2, 0) is 4.79 Å². The number of benzene rings is 1. The van der Waals surface area contributed by atoms with Gasteiger partial charge in [0.05, 0.1) is 12.0 Å². The minimum Gasteiger partial charge on any atom is -0.355 e. The van der Waals surface area contributed by atoms with Gasteiger partial charge in [-0.05, 0) is 55.0 Å². The fourth-order valence-corrected chi connectivity index (χ4v) is 5.28. The Hall–Kier alpha value is -2.18. The van der Waals surface area contributed by atoms with Crippen molar-refractivity contribution in [3.63, 3.8) is 0 Å². The molecule has 0 bridgehead atoms. The molecule has 31 heavy (non-hydrogen) atoms.